The topological polar surface area (TPSA) is 94.9 Å². The van der Waals surface area contributed by atoms with Gasteiger partial charge in [0.1, 0.15) is 0 Å². The molecule has 3 rings (SSSR count). The highest BCUT2D eigenvalue weighted by Crippen LogP contribution is 2.19. The highest BCUT2D eigenvalue weighted by atomic mass is 16.2. The Morgan fingerprint density at radius 2 is 2.27 bits per heavy atom. The third kappa shape index (κ3) is 4.57. The highest BCUT2D eigenvalue weighted by molar-refractivity contribution is 5.91. The number of hydrogen-bond acceptors (Lipinski definition) is 5. The summed E-state index contributed by atoms with van der Waals surface area (Å²) in [5.41, 5.74) is 7.31. The van der Waals surface area contributed by atoms with Gasteiger partial charge in [-0.1, -0.05) is 5.21 Å². The summed E-state index contributed by atoms with van der Waals surface area (Å²) in [7, 11) is 0. The van der Waals surface area contributed by atoms with Crippen molar-refractivity contribution in [2.24, 2.45) is 11.7 Å². The predicted octanol–water partition coefficient (Wildman–Crippen LogP) is 1.47. The minimum Gasteiger partial charge on any atom is -0.339 e. The van der Waals surface area contributed by atoms with Crippen molar-refractivity contribution in [1.82, 2.24) is 29.7 Å². The van der Waals surface area contributed by atoms with E-state index in [-0.39, 0.29) is 5.91 Å². The number of carbonyl (C=O) groups is 1. The Bertz CT molecular complexity index is 761. The standard InChI is InChI=1S/C18H27N7O/c1-14(2)25-12-15(9-20-25)5-6-18(26)23-7-3-4-16(10-23)11-24-13-17(8-19)21-22-24/h5-6,9,12-14,16H,3-4,7-8,10-11,19H2,1-2H3/b6-5+/t16-/m1/s1. The lowest BCUT2D eigenvalue weighted by molar-refractivity contribution is -0.127. The first-order chi connectivity index (χ1) is 12.5. The van der Waals surface area contributed by atoms with Crippen molar-refractivity contribution in [3.05, 3.63) is 35.9 Å². The van der Waals surface area contributed by atoms with E-state index >= 15 is 0 Å². The van der Waals surface area contributed by atoms with Gasteiger partial charge in [0.05, 0.1) is 11.9 Å². The molecule has 0 radical (unpaired) electrons. The zero-order chi connectivity index (χ0) is 18.5. The minimum absolute atomic E-state index is 0.0493. The molecule has 0 saturated carbocycles. The van der Waals surface area contributed by atoms with Crippen LogP contribution in [0.15, 0.2) is 24.7 Å². The Hall–Kier alpha value is -2.48. The van der Waals surface area contributed by atoms with Crippen LogP contribution in [0, 0.1) is 5.92 Å². The number of rotatable bonds is 6. The van der Waals surface area contributed by atoms with E-state index in [0.29, 0.717) is 18.5 Å². The number of carbonyl (C=O) groups excluding carboxylic acids is 1. The molecule has 2 aromatic rings. The minimum atomic E-state index is 0.0493. The van der Waals surface area contributed by atoms with Gasteiger partial charge in [0.2, 0.25) is 5.91 Å². The van der Waals surface area contributed by atoms with Gasteiger partial charge in [-0.3, -0.25) is 14.2 Å². The molecule has 0 unspecified atom stereocenters. The van der Waals surface area contributed by atoms with E-state index in [2.05, 4.69) is 29.3 Å². The number of hydrogen-bond donors (Lipinski definition) is 1. The molecule has 0 aromatic carbocycles. The quantitative estimate of drug-likeness (QED) is 0.790. The highest BCUT2D eigenvalue weighted by Gasteiger charge is 2.23. The molecule has 1 fully saturated rings. The van der Waals surface area contributed by atoms with Gasteiger partial charge in [-0.25, -0.2) is 0 Å². The van der Waals surface area contributed by atoms with Crippen LogP contribution in [-0.2, 0) is 17.9 Å². The van der Waals surface area contributed by atoms with E-state index in [1.807, 2.05) is 32.7 Å². The van der Waals surface area contributed by atoms with Crippen LogP contribution in [0.2, 0.25) is 0 Å². The second-order valence-electron chi connectivity index (χ2n) is 7.11. The third-order valence-corrected chi connectivity index (χ3v) is 4.64. The molecule has 8 nitrogen and oxygen atoms in total. The largest absolute Gasteiger partial charge is 0.339 e. The Balaban J connectivity index is 1.55. The lowest BCUT2D eigenvalue weighted by Gasteiger charge is -2.32. The van der Waals surface area contributed by atoms with E-state index in [9.17, 15) is 4.79 Å². The second kappa shape index (κ2) is 8.27. The predicted molar refractivity (Wildman–Crippen MR) is 98.9 cm³/mol. The molecule has 2 N–H and O–H groups in total. The van der Waals surface area contributed by atoms with Crippen molar-refractivity contribution < 1.29 is 4.79 Å². The molecule has 140 valence electrons. The van der Waals surface area contributed by atoms with E-state index in [0.717, 1.165) is 43.7 Å². The molecule has 3 heterocycles. The lowest BCUT2D eigenvalue weighted by Crippen LogP contribution is -2.40. The lowest BCUT2D eigenvalue weighted by atomic mass is 9.98. The van der Waals surface area contributed by atoms with Crippen molar-refractivity contribution in [2.75, 3.05) is 13.1 Å². The second-order valence-corrected chi connectivity index (χ2v) is 7.11. The maximum Gasteiger partial charge on any atom is 0.246 e. The van der Waals surface area contributed by atoms with Crippen molar-refractivity contribution >= 4 is 12.0 Å². The fourth-order valence-electron chi connectivity index (χ4n) is 3.19. The van der Waals surface area contributed by atoms with Gasteiger partial charge in [0.25, 0.3) is 0 Å². The van der Waals surface area contributed by atoms with Crippen LogP contribution >= 0.6 is 0 Å². The number of piperidine rings is 1. The first-order valence-corrected chi connectivity index (χ1v) is 9.15. The average Bonchev–Trinajstić information content (AvgIpc) is 3.29. The Labute approximate surface area is 153 Å². The molecule has 1 atom stereocenters. The Morgan fingerprint density at radius 1 is 1.42 bits per heavy atom. The van der Waals surface area contributed by atoms with E-state index < -0.39 is 0 Å². The zero-order valence-electron chi connectivity index (χ0n) is 15.5. The van der Waals surface area contributed by atoms with Gasteiger partial charge in [-0.15, -0.1) is 5.10 Å². The summed E-state index contributed by atoms with van der Waals surface area (Å²) in [6.07, 6.45) is 11.2. The van der Waals surface area contributed by atoms with Gasteiger partial charge < -0.3 is 10.6 Å². The summed E-state index contributed by atoms with van der Waals surface area (Å²) in [5, 5.41) is 12.4. The van der Waals surface area contributed by atoms with Crippen LogP contribution in [-0.4, -0.2) is 48.7 Å². The molecule has 0 bridgehead atoms. The first-order valence-electron chi connectivity index (χ1n) is 9.15. The third-order valence-electron chi connectivity index (χ3n) is 4.64. The molecule has 2 aromatic heterocycles. The summed E-state index contributed by atoms with van der Waals surface area (Å²) in [6, 6.07) is 0.312. The van der Waals surface area contributed by atoms with E-state index in [1.54, 1.807) is 12.3 Å². The SMILES string of the molecule is CC(C)n1cc(/C=C/C(=O)N2CCC[C@@H](Cn3cc(CN)nn3)C2)cn1. The van der Waals surface area contributed by atoms with Crippen LogP contribution in [0.1, 0.15) is 44.0 Å². The average molecular weight is 357 g/mol. The van der Waals surface area contributed by atoms with E-state index in [4.69, 9.17) is 5.73 Å². The smallest absolute Gasteiger partial charge is 0.246 e. The summed E-state index contributed by atoms with van der Waals surface area (Å²) in [4.78, 5) is 14.4. The van der Waals surface area contributed by atoms with Gasteiger partial charge in [-0.05, 0) is 38.7 Å². The monoisotopic (exact) mass is 357 g/mol. The molecule has 0 spiro atoms. The molecule has 0 aliphatic carbocycles. The molecule has 1 aliphatic heterocycles. The number of aromatic nitrogens is 5. The summed E-state index contributed by atoms with van der Waals surface area (Å²) >= 11 is 0. The molecule has 1 saturated heterocycles. The maximum atomic E-state index is 12.5. The number of nitrogens with zero attached hydrogens (tertiary/aromatic N) is 6. The number of likely N-dealkylation sites (tertiary alicyclic amines) is 1. The van der Waals surface area contributed by atoms with Crippen molar-refractivity contribution in [3.63, 3.8) is 0 Å². The molecular weight excluding hydrogens is 330 g/mol. The molecule has 1 aliphatic rings. The van der Waals surface area contributed by atoms with Gasteiger partial charge >= 0.3 is 0 Å². The van der Waals surface area contributed by atoms with Crippen LogP contribution in [0.3, 0.4) is 0 Å². The van der Waals surface area contributed by atoms with Gasteiger partial charge in [-0.2, -0.15) is 5.10 Å². The zero-order valence-corrected chi connectivity index (χ0v) is 15.5. The normalized spacial score (nSPS) is 18.2. The van der Waals surface area contributed by atoms with Crippen molar-refractivity contribution in [2.45, 2.75) is 45.8 Å². The van der Waals surface area contributed by atoms with Crippen LogP contribution in [0.25, 0.3) is 6.08 Å². The van der Waals surface area contributed by atoms with Crippen LogP contribution < -0.4 is 5.73 Å². The fraction of sp³-hybridized carbons (Fsp3) is 0.556. The first kappa shape index (κ1) is 18.3. The van der Waals surface area contributed by atoms with Gasteiger partial charge in [0, 0.05) is 56.3 Å². The molecule has 8 heteroatoms. The Kier molecular flexibility index (Phi) is 5.82. The van der Waals surface area contributed by atoms with E-state index in [1.165, 1.54) is 0 Å². The summed E-state index contributed by atoms with van der Waals surface area (Å²) in [5.74, 6) is 0.436. The van der Waals surface area contributed by atoms with Crippen molar-refractivity contribution in [1.29, 1.82) is 0 Å². The molecule has 1 amide bonds. The van der Waals surface area contributed by atoms with Gasteiger partial charge in [0.15, 0.2) is 0 Å². The number of nitrogens with two attached hydrogens (primary N) is 1. The summed E-state index contributed by atoms with van der Waals surface area (Å²) in [6.45, 7) is 6.86. The van der Waals surface area contributed by atoms with Crippen molar-refractivity contribution in [3.8, 4) is 0 Å². The molecular formula is C18H27N7O. The van der Waals surface area contributed by atoms with Crippen LogP contribution in [0.5, 0.6) is 0 Å². The summed E-state index contributed by atoms with van der Waals surface area (Å²) < 4.78 is 3.71. The van der Waals surface area contributed by atoms with Crippen LogP contribution in [0.4, 0.5) is 0 Å². The Morgan fingerprint density at radius 3 is 2.96 bits per heavy atom. The maximum absolute atomic E-state index is 12.5. The molecule has 26 heavy (non-hydrogen) atoms. The fourth-order valence-corrected chi connectivity index (χ4v) is 3.19. The number of amides is 1.